The molecule has 0 bridgehead atoms. The minimum absolute atomic E-state index is 0. The molecule has 1 aromatic heterocycles. The minimum Gasteiger partial charge on any atom is -0.508 e. The number of nitrogens with zero attached hydrogens (tertiary/aromatic N) is 4. The maximum absolute atomic E-state index is 9.32. The quantitative estimate of drug-likeness (QED) is 0.381. The first-order chi connectivity index (χ1) is 11.2. The van der Waals surface area contributed by atoms with E-state index in [0.717, 1.165) is 43.3 Å². The Morgan fingerprint density at radius 2 is 2.17 bits per heavy atom. The van der Waals surface area contributed by atoms with Gasteiger partial charge in [0.15, 0.2) is 5.96 Å². The predicted molar refractivity (Wildman–Crippen MR) is 104 cm³/mol. The summed E-state index contributed by atoms with van der Waals surface area (Å²) in [5.41, 5.74) is 1.06. The number of aliphatic imine (C=N–C) groups is 1. The maximum atomic E-state index is 9.32. The molecule has 130 valence electrons. The van der Waals surface area contributed by atoms with Crippen molar-refractivity contribution < 1.29 is 5.11 Å². The maximum Gasteiger partial charge on any atom is 0.191 e. The number of benzene rings is 1. The topological polar surface area (TPSA) is 87.4 Å². The number of halogens is 1. The van der Waals surface area contributed by atoms with Crippen LogP contribution in [0.1, 0.15) is 24.7 Å². The van der Waals surface area contributed by atoms with Gasteiger partial charge in [-0.15, -0.1) is 24.0 Å². The minimum atomic E-state index is 0. The molecule has 1 unspecified atom stereocenters. The van der Waals surface area contributed by atoms with Gasteiger partial charge >= 0.3 is 0 Å². The molecule has 1 aliphatic heterocycles. The summed E-state index contributed by atoms with van der Waals surface area (Å²) in [6, 6.07) is 7.41. The highest BCUT2D eigenvalue weighted by atomic mass is 127. The van der Waals surface area contributed by atoms with Crippen molar-refractivity contribution >= 4 is 29.9 Å². The fourth-order valence-electron chi connectivity index (χ4n) is 2.64. The van der Waals surface area contributed by atoms with Gasteiger partial charge in [0.25, 0.3) is 0 Å². The molecule has 0 spiro atoms. The zero-order valence-electron chi connectivity index (χ0n) is 13.6. The van der Waals surface area contributed by atoms with E-state index in [0.29, 0.717) is 12.6 Å². The summed E-state index contributed by atoms with van der Waals surface area (Å²) in [6.07, 6.45) is 3.55. The van der Waals surface area contributed by atoms with Crippen molar-refractivity contribution in [3.05, 3.63) is 42.0 Å². The lowest BCUT2D eigenvalue weighted by atomic mass is 10.1. The van der Waals surface area contributed by atoms with Crippen LogP contribution < -0.4 is 10.6 Å². The molecule has 2 aromatic rings. The van der Waals surface area contributed by atoms with Gasteiger partial charge in [0.1, 0.15) is 17.9 Å². The second-order valence-electron chi connectivity index (χ2n) is 5.60. The summed E-state index contributed by atoms with van der Waals surface area (Å²) in [4.78, 5) is 8.87. The fourth-order valence-corrected chi connectivity index (χ4v) is 2.64. The summed E-state index contributed by atoms with van der Waals surface area (Å²) in [5, 5.41) is 20.3. The molecule has 3 rings (SSSR count). The number of fused-ring (bicyclic) bond motifs is 1. The number of phenolic OH excluding ortho intramolecular Hbond substituents is 1. The molecular weight excluding hydrogens is 419 g/mol. The number of hydrogen-bond acceptors (Lipinski definition) is 4. The summed E-state index contributed by atoms with van der Waals surface area (Å²) >= 11 is 0. The van der Waals surface area contributed by atoms with Crippen molar-refractivity contribution in [3.63, 3.8) is 0 Å². The van der Waals surface area contributed by atoms with Gasteiger partial charge in [-0.05, 0) is 31.0 Å². The van der Waals surface area contributed by atoms with Crippen molar-refractivity contribution in [2.75, 3.05) is 6.54 Å². The number of guanidine groups is 1. The van der Waals surface area contributed by atoms with Crippen molar-refractivity contribution in [2.24, 2.45) is 4.99 Å². The SMILES string of the molecule is CCNC(=NCc1ccc(O)cc1)NC1CCc2ncnn2C1.I. The van der Waals surface area contributed by atoms with Crippen molar-refractivity contribution in [1.29, 1.82) is 0 Å². The highest BCUT2D eigenvalue weighted by Crippen LogP contribution is 2.12. The Hall–Kier alpha value is -1.84. The molecule has 0 saturated carbocycles. The number of rotatable bonds is 4. The van der Waals surface area contributed by atoms with Crippen LogP contribution in [-0.4, -0.2) is 38.4 Å². The second-order valence-corrected chi connectivity index (χ2v) is 5.60. The molecule has 0 radical (unpaired) electrons. The van der Waals surface area contributed by atoms with E-state index in [-0.39, 0.29) is 29.7 Å². The van der Waals surface area contributed by atoms with Gasteiger partial charge in [0.2, 0.25) is 0 Å². The van der Waals surface area contributed by atoms with Crippen LogP contribution >= 0.6 is 24.0 Å². The van der Waals surface area contributed by atoms with Crippen molar-refractivity contribution in [1.82, 2.24) is 25.4 Å². The summed E-state index contributed by atoms with van der Waals surface area (Å²) in [6.45, 7) is 4.23. The van der Waals surface area contributed by atoms with E-state index in [4.69, 9.17) is 0 Å². The molecule has 0 fully saturated rings. The van der Waals surface area contributed by atoms with Crippen LogP contribution in [0.3, 0.4) is 0 Å². The summed E-state index contributed by atoms with van der Waals surface area (Å²) in [7, 11) is 0. The Kier molecular flexibility index (Phi) is 6.83. The first-order valence-electron chi connectivity index (χ1n) is 7.94. The molecule has 0 saturated heterocycles. The molecule has 0 aliphatic carbocycles. The first-order valence-corrected chi connectivity index (χ1v) is 7.94. The summed E-state index contributed by atoms with van der Waals surface area (Å²) < 4.78 is 1.95. The van der Waals surface area contributed by atoms with E-state index in [2.05, 4.69) is 25.7 Å². The third kappa shape index (κ3) is 4.83. The predicted octanol–water partition coefficient (Wildman–Crippen LogP) is 1.67. The van der Waals surface area contributed by atoms with Crippen LogP contribution in [-0.2, 0) is 19.5 Å². The highest BCUT2D eigenvalue weighted by Gasteiger charge is 2.20. The van der Waals surface area contributed by atoms with Gasteiger partial charge in [-0.2, -0.15) is 5.10 Å². The zero-order valence-corrected chi connectivity index (χ0v) is 16.0. The van der Waals surface area contributed by atoms with E-state index < -0.39 is 0 Å². The standard InChI is InChI=1S/C16H22N6O.HI/c1-2-17-16(18-9-12-3-6-14(23)7-4-12)21-13-5-8-15-19-11-20-22(15)10-13;/h3-4,6-7,11,13,23H,2,5,8-10H2,1H3,(H2,17,18,21);1H. The Morgan fingerprint density at radius 3 is 2.92 bits per heavy atom. The Labute approximate surface area is 158 Å². The molecule has 0 amide bonds. The fraction of sp³-hybridized carbons (Fsp3) is 0.438. The van der Waals surface area contributed by atoms with Gasteiger partial charge in [-0.1, -0.05) is 12.1 Å². The van der Waals surface area contributed by atoms with Gasteiger partial charge in [0.05, 0.1) is 13.1 Å². The van der Waals surface area contributed by atoms with Crippen LogP contribution in [0.2, 0.25) is 0 Å². The zero-order chi connectivity index (χ0) is 16.1. The van der Waals surface area contributed by atoms with Crippen molar-refractivity contribution in [3.8, 4) is 5.75 Å². The van der Waals surface area contributed by atoms with Crippen LogP contribution in [0.4, 0.5) is 0 Å². The van der Waals surface area contributed by atoms with Crippen LogP contribution in [0.25, 0.3) is 0 Å². The van der Waals surface area contributed by atoms with Crippen LogP contribution in [0, 0.1) is 0 Å². The highest BCUT2D eigenvalue weighted by molar-refractivity contribution is 14.0. The Balaban J connectivity index is 0.00000208. The molecule has 1 aromatic carbocycles. The van der Waals surface area contributed by atoms with E-state index in [1.165, 1.54) is 0 Å². The molecule has 3 N–H and O–H groups in total. The summed E-state index contributed by atoms with van der Waals surface area (Å²) in [5.74, 6) is 2.12. The van der Waals surface area contributed by atoms with Gasteiger partial charge in [0, 0.05) is 19.0 Å². The molecule has 7 nitrogen and oxygen atoms in total. The van der Waals surface area contributed by atoms with E-state index in [9.17, 15) is 5.11 Å². The van der Waals surface area contributed by atoms with Crippen LogP contribution in [0.15, 0.2) is 35.6 Å². The second kappa shape index (κ2) is 8.86. The van der Waals surface area contributed by atoms with Crippen molar-refractivity contribution in [2.45, 2.75) is 38.9 Å². The number of aryl methyl sites for hydroxylation is 1. The number of hydrogen-bond donors (Lipinski definition) is 3. The Morgan fingerprint density at radius 1 is 1.38 bits per heavy atom. The molecule has 1 atom stereocenters. The molecular formula is C16H23IN6O. The average Bonchev–Trinajstić information content (AvgIpc) is 3.02. The van der Waals surface area contributed by atoms with E-state index in [1.54, 1.807) is 18.5 Å². The lowest BCUT2D eigenvalue weighted by molar-refractivity contribution is 0.392. The number of aromatic nitrogens is 3. The lowest BCUT2D eigenvalue weighted by Gasteiger charge is -2.25. The lowest BCUT2D eigenvalue weighted by Crippen LogP contribution is -2.47. The Bertz CT molecular complexity index is 669. The van der Waals surface area contributed by atoms with Gasteiger partial charge in [-0.25, -0.2) is 14.7 Å². The third-order valence-electron chi connectivity index (χ3n) is 3.85. The number of aromatic hydroxyl groups is 1. The normalized spacial score (nSPS) is 16.9. The first kappa shape index (κ1) is 18.5. The van der Waals surface area contributed by atoms with Crippen LogP contribution in [0.5, 0.6) is 5.75 Å². The van der Waals surface area contributed by atoms with E-state index in [1.807, 2.05) is 23.7 Å². The van der Waals surface area contributed by atoms with E-state index >= 15 is 0 Å². The molecule has 8 heteroatoms. The van der Waals surface area contributed by atoms with Gasteiger partial charge in [-0.3, -0.25) is 0 Å². The molecule has 2 heterocycles. The average molecular weight is 442 g/mol. The molecule has 1 aliphatic rings. The molecule has 24 heavy (non-hydrogen) atoms. The number of phenols is 1. The third-order valence-corrected chi connectivity index (χ3v) is 3.85. The largest absolute Gasteiger partial charge is 0.508 e. The van der Waals surface area contributed by atoms with Gasteiger partial charge < -0.3 is 15.7 Å². The smallest absolute Gasteiger partial charge is 0.191 e. The number of nitrogens with one attached hydrogen (secondary N) is 2. The monoisotopic (exact) mass is 442 g/mol.